The smallest absolute Gasteiger partial charge is 0.226 e. The highest BCUT2D eigenvalue weighted by molar-refractivity contribution is 5.80. The van der Waals surface area contributed by atoms with Crippen LogP contribution in [0, 0.1) is 29.6 Å². The van der Waals surface area contributed by atoms with E-state index in [2.05, 4.69) is 40.1 Å². The summed E-state index contributed by atoms with van der Waals surface area (Å²) in [4.78, 5) is 17.8. The zero-order valence-electron chi connectivity index (χ0n) is 14.4. The van der Waals surface area contributed by atoms with E-state index in [1.165, 1.54) is 31.2 Å². The predicted octanol–water partition coefficient (Wildman–Crippen LogP) is 3.01. The fourth-order valence-electron chi connectivity index (χ4n) is 6.30. The number of rotatable bonds is 3. The maximum Gasteiger partial charge on any atom is 0.226 e. The van der Waals surface area contributed by atoms with Gasteiger partial charge in [-0.3, -0.25) is 9.69 Å². The summed E-state index contributed by atoms with van der Waals surface area (Å²) in [6.07, 6.45) is 5.48. The second-order valence-electron chi connectivity index (χ2n) is 8.61. The van der Waals surface area contributed by atoms with E-state index in [1.54, 1.807) is 0 Å². The molecular weight excluding hydrogens is 296 g/mol. The van der Waals surface area contributed by atoms with Crippen LogP contribution in [-0.4, -0.2) is 41.9 Å². The highest BCUT2D eigenvalue weighted by Crippen LogP contribution is 2.61. The Balaban J connectivity index is 1.19. The normalized spacial score (nSPS) is 38.0. The van der Waals surface area contributed by atoms with Crippen LogP contribution in [0.5, 0.6) is 0 Å². The molecule has 1 saturated heterocycles. The summed E-state index contributed by atoms with van der Waals surface area (Å²) in [5.74, 6) is 4.21. The topological polar surface area (TPSA) is 23.6 Å². The molecule has 5 atom stereocenters. The Bertz CT molecular complexity index is 604. The summed E-state index contributed by atoms with van der Waals surface area (Å²) in [5.41, 5.74) is 1.38. The van der Waals surface area contributed by atoms with Gasteiger partial charge >= 0.3 is 0 Å². The van der Waals surface area contributed by atoms with E-state index < -0.39 is 0 Å². The van der Waals surface area contributed by atoms with Crippen molar-refractivity contribution in [3.8, 4) is 0 Å². The number of nitrogens with zero attached hydrogens (tertiary/aromatic N) is 2. The van der Waals surface area contributed by atoms with Crippen molar-refractivity contribution in [2.45, 2.75) is 32.2 Å². The highest BCUT2D eigenvalue weighted by atomic mass is 16.2. The van der Waals surface area contributed by atoms with Gasteiger partial charge in [0.2, 0.25) is 5.91 Å². The molecule has 1 aliphatic heterocycles. The summed E-state index contributed by atoms with van der Waals surface area (Å²) in [7, 11) is 0. The maximum atomic E-state index is 13.2. The van der Waals surface area contributed by atoms with Crippen molar-refractivity contribution >= 4 is 5.91 Å². The van der Waals surface area contributed by atoms with Crippen LogP contribution in [0.2, 0.25) is 0 Å². The van der Waals surface area contributed by atoms with Gasteiger partial charge < -0.3 is 4.90 Å². The lowest BCUT2D eigenvalue weighted by atomic mass is 9.75. The fraction of sp³-hybridized carbons (Fsp3) is 0.667. The molecule has 4 bridgehead atoms. The molecule has 0 aromatic heterocycles. The molecule has 128 valence electrons. The van der Waals surface area contributed by atoms with E-state index >= 15 is 0 Å². The third-order valence-electron chi connectivity index (χ3n) is 7.28. The molecular formula is C21H28N2O. The van der Waals surface area contributed by atoms with E-state index in [9.17, 15) is 4.79 Å². The lowest BCUT2D eigenvalue weighted by molar-refractivity contribution is -0.141. The SMILES string of the molecule is O=C(C1C2CC3CC(C2)C1C3)N1CCN(Cc2ccccc2)CC1. The van der Waals surface area contributed by atoms with Crippen molar-refractivity contribution in [1.29, 1.82) is 0 Å². The van der Waals surface area contributed by atoms with Crippen molar-refractivity contribution in [3.05, 3.63) is 35.9 Å². The van der Waals surface area contributed by atoms with Gasteiger partial charge in [-0.25, -0.2) is 0 Å². The molecule has 0 radical (unpaired) electrons. The van der Waals surface area contributed by atoms with Crippen LogP contribution < -0.4 is 0 Å². The standard InChI is InChI=1S/C21H28N2O/c24-21(20-18-11-16-10-17(13-18)19(20)12-16)23-8-6-22(7-9-23)14-15-4-2-1-3-5-15/h1-5,16-20H,6-14H2. The van der Waals surface area contributed by atoms with Crippen LogP contribution in [0.25, 0.3) is 0 Å². The van der Waals surface area contributed by atoms with E-state index in [0.717, 1.165) is 56.4 Å². The van der Waals surface area contributed by atoms with Gasteiger partial charge in [0.05, 0.1) is 0 Å². The minimum absolute atomic E-state index is 0.384. The molecule has 5 fully saturated rings. The summed E-state index contributed by atoms with van der Waals surface area (Å²) in [5, 5.41) is 0. The molecule has 1 aromatic carbocycles. The average molecular weight is 324 g/mol. The van der Waals surface area contributed by atoms with Gasteiger partial charge in [0, 0.05) is 38.6 Å². The van der Waals surface area contributed by atoms with Gasteiger partial charge in [-0.15, -0.1) is 0 Å². The van der Waals surface area contributed by atoms with Gasteiger partial charge in [-0.1, -0.05) is 30.3 Å². The van der Waals surface area contributed by atoms with Gasteiger partial charge in [0.25, 0.3) is 0 Å². The third-order valence-corrected chi connectivity index (χ3v) is 7.28. The first kappa shape index (κ1) is 14.9. The molecule has 6 rings (SSSR count). The molecule has 1 heterocycles. The van der Waals surface area contributed by atoms with Crippen molar-refractivity contribution in [3.63, 3.8) is 0 Å². The first-order valence-electron chi connectivity index (χ1n) is 9.83. The Kier molecular flexibility index (Phi) is 3.66. The second-order valence-corrected chi connectivity index (χ2v) is 8.61. The zero-order valence-corrected chi connectivity index (χ0v) is 14.4. The Hall–Kier alpha value is -1.35. The number of piperazine rings is 1. The van der Waals surface area contributed by atoms with Gasteiger partial charge in [-0.2, -0.15) is 0 Å². The van der Waals surface area contributed by atoms with E-state index in [1.807, 2.05) is 0 Å². The van der Waals surface area contributed by atoms with E-state index in [-0.39, 0.29) is 0 Å². The second kappa shape index (κ2) is 5.87. The largest absolute Gasteiger partial charge is 0.340 e. The van der Waals surface area contributed by atoms with Crippen LogP contribution in [0.1, 0.15) is 31.2 Å². The molecule has 3 heteroatoms. The van der Waals surface area contributed by atoms with Gasteiger partial charge in [-0.05, 0) is 54.9 Å². The number of benzene rings is 1. The third kappa shape index (κ3) is 2.48. The molecule has 0 N–H and O–H groups in total. The number of carbonyl (C=O) groups is 1. The summed E-state index contributed by atoms with van der Waals surface area (Å²) in [6, 6.07) is 10.7. The summed E-state index contributed by atoms with van der Waals surface area (Å²) >= 11 is 0. The molecule has 1 amide bonds. The molecule has 1 aromatic rings. The van der Waals surface area contributed by atoms with Crippen LogP contribution >= 0.6 is 0 Å². The molecule has 24 heavy (non-hydrogen) atoms. The molecule has 0 spiro atoms. The van der Waals surface area contributed by atoms with Gasteiger partial charge in [0.1, 0.15) is 0 Å². The minimum atomic E-state index is 0.384. The van der Waals surface area contributed by atoms with Crippen molar-refractivity contribution < 1.29 is 4.79 Å². The predicted molar refractivity (Wildman–Crippen MR) is 94.2 cm³/mol. The van der Waals surface area contributed by atoms with Crippen molar-refractivity contribution in [1.82, 2.24) is 9.80 Å². The van der Waals surface area contributed by atoms with Crippen LogP contribution in [0.15, 0.2) is 30.3 Å². The van der Waals surface area contributed by atoms with Crippen LogP contribution in [0.3, 0.4) is 0 Å². The minimum Gasteiger partial charge on any atom is -0.340 e. The quantitative estimate of drug-likeness (QED) is 0.853. The van der Waals surface area contributed by atoms with Crippen molar-refractivity contribution in [2.75, 3.05) is 26.2 Å². The number of hydrogen-bond acceptors (Lipinski definition) is 2. The Morgan fingerprint density at radius 3 is 2.42 bits per heavy atom. The molecule has 4 aliphatic carbocycles. The number of hydrogen-bond donors (Lipinski definition) is 0. The molecule has 3 nitrogen and oxygen atoms in total. The van der Waals surface area contributed by atoms with E-state index in [0.29, 0.717) is 11.8 Å². The first-order chi connectivity index (χ1) is 11.8. The molecule has 4 saturated carbocycles. The Morgan fingerprint density at radius 1 is 0.917 bits per heavy atom. The zero-order chi connectivity index (χ0) is 16.1. The Morgan fingerprint density at radius 2 is 1.67 bits per heavy atom. The highest BCUT2D eigenvalue weighted by Gasteiger charge is 2.56. The number of carbonyl (C=O) groups excluding carboxylic acids is 1. The monoisotopic (exact) mass is 324 g/mol. The maximum absolute atomic E-state index is 13.2. The fourth-order valence-corrected chi connectivity index (χ4v) is 6.30. The number of amides is 1. The van der Waals surface area contributed by atoms with Gasteiger partial charge in [0.15, 0.2) is 0 Å². The summed E-state index contributed by atoms with van der Waals surface area (Å²) in [6.45, 7) is 4.91. The lowest BCUT2D eigenvalue weighted by Gasteiger charge is -2.39. The van der Waals surface area contributed by atoms with Crippen molar-refractivity contribution in [2.24, 2.45) is 29.6 Å². The molecule has 5 unspecified atom stereocenters. The molecule has 5 aliphatic rings. The van der Waals surface area contributed by atoms with Crippen LogP contribution in [-0.2, 0) is 11.3 Å². The summed E-state index contributed by atoms with van der Waals surface area (Å²) < 4.78 is 0. The lowest BCUT2D eigenvalue weighted by Crippen LogP contribution is -2.51. The first-order valence-corrected chi connectivity index (χ1v) is 9.83. The van der Waals surface area contributed by atoms with Crippen LogP contribution in [0.4, 0.5) is 0 Å². The Labute approximate surface area is 145 Å². The van der Waals surface area contributed by atoms with E-state index in [4.69, 9.17) is 0 Å². The average Bonchev–Trinajstić information content (AvgIpc) is 3.03.